The number of Topliss-reactive ketones (excluding diaryl/α,β-unsaturated/α-hetero) is 1. The molecule has 1 aliphatic carbocycles. The number of benzene rings is 1. The molecule has 2 rings (SSSR count). The van der Waals surface area contributed by atoms with E-state index in [4.69, 9.17) is 9.47 Å². The van der Waals surface area contributed by atoms with Gasteiger partial charge in [0, 0.05) is 12.8 Å². The van der Waals surface area contributed by atoms with Gasteiger partial charge in [-0.1, -0.05) is 30.3 Å². The molecule has 9 heteroatoms. The van der Waals surface area contributed by atoms with Gasteiger partial charge in [0.2, 0.25) is 5.91 Å². The number of aliphatic hydroxyl groups is 1. The Morgan fingerprint density at radius 2 is 1.93 bits per heavy atom. The zero-order valence-electron chi connectivity index (χ0n) is 16.3. The first-order valence-electron chi connectivity index (χ1n) is 9.42. The zero-order chi connectivity index (χ0) is 21.2. The van der Waals surface area contributed by atoms with Gasteiger partial charge in [-0.25, -0.2) is 9.59 Å². The Hall–Kier alpha value is -2.94. The summed E-state index contributed by atoms with van der Waals surface area (Å²) in [4.78, 5) is 48.3. The van der Waals surface area contributed by atoms with Crippen molar-refractivity contribution in [2.75, 3.05) is 13.7 Å². The average molecular weight is 406 g/mol. The number of hydrogen-bond donors (Lipinski definition) is 3. The minimum absolute atomic E-state index is 0.00140. The molecule has 1 aliphatic rings. The van der Waals surface area contributed by atoms with E-state index in [-0.39, 0.29) is 18.8 Å². The summed E-state index contributed by atoms with van der Waals surface area (Å²) in [6, 6.07) is 6.62. The minimum atomic E-state index is -1.32. The number of ether oxygens (including phenoxy) is 2. The first-order chi connectivity index (χ1) is 13.9. The number of nitrogens with one attached hydrogen (secondary N) is 2. The van der Waals surface area contributed by atoms with Crippen LogP contribution in [0.3, 0.4) is 0 Å². The number of ketones is 1. The zero-order valence-corrected chi connectivity index (χ0v) is 16.3. The second-order valence-corrected chi connectivity index (χ2v) is 6.85. The lowest BCUT2D eigenvalue weighted by molar-refractivity contribution is -0.147. The Balaban J connectivity index is 1.94. The molecule has 3 N–H and O–H groups in total. The molecule has 0 radical (unpaired) electrons. The molecule has 0 heterocycles. The molecule has 3 atom stereocenters. The predicted octanol–water partition coefficient (Wildman–Crippen LogP) is 0.691. The molecule has 1 aromatic rings. The summed E-state index contributed by atoms with van der Waals surface area (Å²) in [7, 11) is 1.19. The van der Waals surface area contributed by atoms with Crippen molar-refractivity contribution in [2.45, 2.75) is 44.4 Å². The number of carbonyl (C=O) groups is 4. The molecule has 9 nitrogen and oxygen atoms in total. The van der Waals surface area contributed by atoms with Gasteiger partial charge in [0.15, 0.2) is 0 Å². The molecule has 1 saturated carbocycles. The SMILES string of the molecule is COC(=O)[C@H](NC(=O)[C@H](CO)NC(=O)OCc1ccccc1)[C@@H]1CCCC(=O)C1. The van der Waals surface area contributed by atoms with E-state index in [0.29, 0.717) is 19.3 Å². The van der Waals surface area contributed by atoms with Gasteiger partial charge in [0.1, 0.15) is 24.5 Å². The van der Waals surface area contributed by atoms with Crippen LogP contribution in [0.1, 0.15) is 31.2 Å². The first kappa shape index (κ1) is 22.4. The summed E-state index contributed by atoms with van der Waals surface area (Å²) in [6.07, 6.45) is 0.941. The van der Waals surface area contributed by atoms with Gasteiger partial charge in [-0.3, -0.25) is 9.59 Å². The Morgan fingerprint density at radius 3 is 2.55 bits per heavy atom. The van der Waals surface area contributed by atoms with Crippen LogP contribution in [0.15, 0.2) is 30.3 Å². The maximum atomic E-state index is 12.5. The lowest BCUT2D eigenvalue weighted by Gasteiger charge is -2.29. The van der Waals surface area contributed by atoms with Crippen LogP contribution >= 0.6 is 0 Å². The van der Waals surface area contributed by atoms with Gasteiger partial charge in [0.25, 0.3) is 0 Å². The van der Waals surface area contributed by atoms with E-state index in [1.165, 1.54) is 7.11 Å². The smallest absolute Gasteiger partial charge is 0.408 e. The van der Waals surface area contributed by atoms with Crippen LogP contribution in [0.5, 0.6) is 0 Å². The summed E-state index contributed by atoms with van der Waals surface area (Å²) < 4.78 is 9.78. The molecular formula is C20H26N2O7. The Kier molecular flexibility index (Phi) is 8.60. The quantitative estimate of drug-likeness (QED) is 0.541. The van der Waals surface area contributed by atoms with Crippen molar-refractivity contribution in [2.24, 2.45) is 5.92 Å². The lowest BCUT2D eigenvalue weighted by Crippen LogP contribution is -2.55. The molecule has 0 saturated heterocycles. The number of alkyl carbamates (subject to hydrolysis) is 1. The summed E-state index contributed by atoms with van der Waals surface area (Å²) in [5, 5.41) is 14.3. The number of carbonyl (C=O) groups excluding carboxylic acids is 4. The third kappa shape index (κ3) is 6.86. The summed E-state index contributed by atoms with van der Waals surface area (Å²) in [5.41, 5.74) is 0.764. The van der Waals surface area contributed by atoms with Crippen molar-refractivity contribution >= 4 is 23.8 Å². The average Bonchev–Trinajstić information content (AvgIpc) is 2.74. The molecule has 0 aliphatic heterocycles. The van der Waals surface area contributed by atoms with E-state index in [1.54, 1.807) is 24.3 Å². The lowest BCUT2D eigenvalue weighted by atomic mass is 9.83. The highest BCUT2D eigenvalue weighted by atomic mass is 16.5. The van der Waals surface area contributed by atoms with Gasteiger partial charge < -0.3 is 25.2 Å². The molecule has 0 aromatic heterocycles. The number of rotatable bonds is 8. The maximum Gasteiger partial charge on any atom is 0.408 e. The highest BCUT2D eigenvalue weighted by molar-refractivity contribution is 5.90. The fourth-order valence-corrected chi connectivity index (χ4v) is 3.19. The molecular weight excluding hydrogens is 380 g/mol. The fourth-order valence-electron chi connectivity index (χ4n) is 3.19. The van der Waals surface area contributed by atoms with E-state index in [2.05, 4.69) is 10.6 Å². The van der Waals surface area contributed by atoms with Crippen LogP contribution in [0.2, 0.25) is 0 Å². The highest BCUT2D eigenvalue weighted by Gasteiger charge is 2.35. The Labute approximate surface area is 168 Å². The predicted molar refractivity (Wildman–Crippen MR) is 102 cm³/mol. The van der Waals surface area contributed by atoms with Crippen molar-refractivity contribution in [3.8, 4) is 0 Å². The van der Waals surface area contributed by atoms with Gasteiger partial charge in [-0.05, 0) is 24.3 Å². The third-order valence-electron chi connectivity index (χ3n) is 4.75. The van der Waals surface area contributed by atoms with Crippen LogP contribution in [-0.4, -0.2) is 54.7 Å². The standard InChI is InChI=1S/C20H26N2O7/c1-28-19(26)17(14-8-5-9-15(24)10-14)22-18(25)16(11-23)21-20(27)29-12-13-6-3-2-4-7-13/h2-4,6-7,14,16-17,23H,5,8-12H2,1H3,(H,21,27)(H,22,25)/t14-,16+,17-/m1/s1. The summed E-state index contributed by atoms with van der Waals surface area (Å²) in [5.74, 6) is -1.82. The molecule has 0 spiro atoms. The van der Waals surface area contributed by atoms with Crippen molar-refractivity contribution in [1.29, 1.82) is 0 Å². The van der Waals surface area contributed by atoms with Crippen molar-refractivity contribution in [3.05, 3.63) is 35.9 Å². The summed E-state index contributed by atoms with van der Waals surface area (Å²) >= 11 is 0. The molecule has 158 valence electrons. The Morgan fingerprint density at radius 1 is 1.21 bits per heavy atom. The number of methoxy groups -OCH3 is 1. The van der Waals surface area contributed by atoms with E-state index >= 15 is 0 Å². The number of hydrogen-bond acceptors (Lipinski definition) is 7. The van der Waals surface area contributed by atoms with Crippen molar-refractivity contribution < 1.29 is 33.8 Å². The molecule has 0 unspecified atom stereocenters. The van der Waals surface area contributed by atoms with E-state index in [0.717, 1.165) is 5.56 Å². The monoisotopic (exact) mass is 406 g/mol. The fraction of sp³-hybridized carbons (Fsp3) is 0.500. The minimum Gasteiger partial charge on any atom is -0.467 e. The topological polar surface area (TPSA) is 131 Å². The van der Waals surface area contributed by atoms with Crippen LogP contribution in [0.4, 0.5) is 4.79 Å². The van der Waals surface area contributed by atoms with Crippen LogP contribution in [-0.2, 0) is 30.5 Å². The second kappa shape index (κ2) is 11.2. The summed E-state index contributed by atoms with van der Waals surface area (Å²) in [6.45, 7) is -0.689. The van der Waals surface area contributed by atoms with Crippen LogP contribution in [0, 0.1) is 5.92 Å². The van der Waals surface area contributed by atoms with E-state index < -0.39 is 42.6 Å². The number of esters is 1. The molecule has 29 heavy (non-hydrogen) atoms. The molecule has 2 amide bonds. The van der Waals surface area contributed by atoms with E-state index in [1.807, 2.05) is 6.07 Å². The van der Waals surface area contributed by atoms with Gasteiger partial charge in [-0.15, -0.1) is 0 Å². The maximum absolute atomic E-state index is 12.5. The number of amides is 2. The third-order valence-corrected chi connectivity index (χ3v) is 4.75. The molecule has 1 aromatic carbocycles. The van der Waals surface area contributed by atoms with Gasteiger partial charge >= 0.3 is 12.1 Å². The van der Waals surface area contributed by atoms with Crippen LogP contribution in [0.25, 0.3) is 0 Å². The Bertz CT molecular complexity index is 723. The number of aliphatic hydroxyl groups excluding tert-OH is 1. The van der Waals surface area contributed by atoms with Gasteiger partial charge in [-0.2, -0.15) is 0 Å². The largest absolute Gasteiger partial charge is 0.467 e. The van der Waals surface area contributed by atoms with Crippen molar-refractivity contribution in [1.82, 2.24) is 10.6 Å². The van der Waals surface area contributed by atoms with Crippen LogP contribution < -0.4 is 10.6 Å². The second-order valence-electron chi connectivity index (χ2n) is 6.85. The first-order valence-corrected chi connectivity index (χ1v) is 9.42. The van der Waals surface area contributed by atoms with E-state index in [9.17, 15) is 24.3 Å². The normalized spacial score (nSPS) is 18.3. The van der Waals surface area contributed by atoms with Crippen molar-refractivity contribution in [3.63, 3.8) is 0 Å². The highest BCUT2D eigenvalue weighted by Crippen LogP contribution is 2.25. The molecule has 0 bridgehead atoms. The molecule has 1 fully saturated rings. The van der Waals surface area contributed by atoms with Gasteiger partial charge in [0.05, 0.1) is 13.7 Å².